The van der Waals surface area contributed by atoms with Crippen molar-refractivity contribution in [2.24, 2.45) is 0 Å². The van der Waals surface area contributed by atoms with Crippen LogP contribution in [0.15, 0.2) is 23.1 Å². The first-order valence-electron chi connectivity index (χ1n) is 6.81. The van der Waals surface area contributed by atoms with E-state index in [0.717, 1.165) is 16.4 Å². The van der Waals surface area contributed by atoms with E-state index in [4.69, 9.17) is 9.47 Å². The van der Waals surface area contributed by atoms with E-state index in [1.807, 2.05) is 0 Å². The van der Waals surface area contributed by atoms with Crippen molar-refractivity contribution in [1.29, 1.82) is 0 Å². The summed E-state index contributed by atoms with van der Waals surface area (Å²) in [5, 5.41) is 0. The standard InChI is InChI=1S/C14H18FNO6S/c1-20-10-7-11(14(17)22-3)16(8-10)23(18,19)13-6-9(15)4-5-12(13)21-2/h4-6,10-11H,7-8H2,1-3H3/t10-,11+/m0/s1. The number of rotatable bonds is 5. The minimum absolute atomic E-state index is 0.00381. The van der Waals surface area contributed by atoms with Gasteiger partial charge in [-0.05, 0) is 18.2 Å². The molecule has 1 aromatic carbocycles. The van der Waals surface area contributed by atoms with E-state index in [9.17, 15) is 17.6 Å². The van der Waals surface area contributed by atoms with Gasteiger partial charge in [-0.2, -0.15) is 4.31 Å². The van der Waals surface area contributed by atoms with Crippen LogP contribution in [0.1, 0.15) is 6.42 Å². The fourth-order valence-electron chi connectivity index (χ4n) is 2.53. The third kappa shape index (κ3) is 3.31. The highest BCUT2D eigenvalue weighted by atomic mass is 32.2. The maximum absolute atomic E-state index is 13.5. The molecule has 1 aromatic rings. The summed E-state index contributed by atoms with van der Waals surface area (Å²) >= 11 is 0. The van der Waals surface area contributed by atoms with Crippen LogP contribution in [0.3, 0.4) is 0 Å². The van der Waals surface area contributed by atoms with Crippen LogP contribution >= 0.6 is 0 Å². The number of halogens is 1. The van der Waals surface area contributed by atoms with E-state index < -0.39 is 34.0 Å². The van der Waals surface area contributed by atoms with Gasteiger partial charge in [0.15, 0.2) is 0 Å². The van der Waals surface area contributed by atoms with Crippen LogP contribution in [0.25, 0.3) is 0 Å². The molecule has 1 heterocycles. The second kappa shape index (κ2) is 6.81. The van der Waals surface area contributed by atoms with Gasteiger partial charge in [-0.25, -0.2) is 12.8 Å². The van der Waals surface area contributed by atoms with Crippen LogP contribution in [0.4, 0.5) is 4.39 Å². The molecule has 2 rings (SSSR count). The molecule has 0 radical (unpaired) electrons. The summed E-state index contributed by atoms with van der Waals surface area (Å²) in [5.74, 6) is -1.42. The number of carbonyl (C=O) groups excluding carboxylic acids is 1. The topological polar surface area (TPSA) is 82.1 Å². The van der Waals surface area contributed by atoms with Crippen molar-refractivity contribution in [3.05, 3.63) is 24.0 Å². The maximum Gasteiger partial charge on any atom is 0.324 e. The van der Waals surface area contributed by atoms with E-state index in [0.29, 0.717) is 0 Å². The first kappa shape index (κ1) is 17.6. The lowest BCUT2D eigenvalue weighted by atomic mass is 10.2. The normalized spacial score (nSPS) is 22.1. The molecule has 0 amide bonds. The number of esters is 1. The van der Waals surface area contributed by atoms with Crippen molar-refractivity contribution in [3.8, 4) is 5.75 Å². The molecule has 128 valence electrons. The first-order valence-corrected chi connectivity index (χ1v) is 8.25. The third-order valence-corrected chi connectivity index (χ3v) is 5.63. The number of methoxy groups -OCH3 is 3. The van der Waals surface area contributed by atoms with Gasteiger partial charge in [0.1, 0.15) is 22.5 Å². The summed E-state index contributed by atoms with van der Waals surface area (Å²) in [6.45, 7) is -0.0295. The highest BCUT2D eigenvalue weighted by Crippen LogP contribution is 2.33. The number of hydrogen-bond acceptors (Lipinski definition) is 6. The number of ether oxygens (including phenoxy) is 3. The summed E-state index contributed by atoms with van der Waals surface area (Å²) < 4.78 is 55.0. The van der Waals surface area contributed by atoms with Crippen LogP contribution in [0, 0.1) is 5.82 Å². The molecule has 0 aliphatic carbocycles. The molecule has 1 saturated heterocycles. The highest BCUT2D eigenvalue weighted by Gasteiger charge is 2.45. The summed E-state index contributed by atoms with van der Waals surface area (Å²) in [5.41, 5.74) is 0. The van der Waals surface area contributed by atoms with E-state index in [1.54, 1.807) is 0 Å². The Morgan fingerprint density at radius 2 is 2.00 bits per heavy atom. The number of hydrogen-bond donors (Lipinski definition) is 0. The van der Waals surface area contributed by atoms with Gasteiger partial charge in [0.25, 0.3) is 0 Å². The monoisotopic (exact) mass is 347 g/mol. The predicted octanol–water partition coefficient (Wildman–Crippen LogP) is 0.785. The van der Waals surface area contributed by atoms with Crippen LogP contribution < -0.4 is 4.74 Å². The van der Waals surface area contributed by atoms with Gasteiger partial charge in [-0.3, -0.25) is 4.79 Å². The lowest BCUT2D eigenvalue weighted by Gasteiger charge is -2.22. The number of benzene rings is 1. The molecule has 7 nitrogen and oxygen atoms in total. The van der Waals surface area contributed by atoms with Gasteiger partial charge in [0.2, 0.25) is 10.0 Å². The Bertz CT molecular complexity index is 693. The van der Waals surface area contributed by atoms with E-state index >= 15 is 0 Å². The predicted molar refractivity (Wildman–Crippen MR) is 78.1 cm³/mol. The molecule has 9 heteroatoms. The van der Waals surface area contributed by atoms with Crippen LogP contribution in [0.5, 0.6) is 5.75 Å². The molecule has 1 fully saturated rings. The van der Waals surface area contributed by atoms with Crippen molar-refractivity contribution in [2.75, 3.05) is 27.9 Å². The Labute approximate surface area is 134 Å². The molecule has 0 N–H and O–H groups in total. The minimum Gasteiger partial charge on any atom is -0.495 e. The van der Waals surface area contributed by atoms with Crippen molar-refractivity contribution in [2.45, 2.75) is 23.5 Å². The number of sulfonamides is 1. The van der Waals surface area contributed by atoms with E-state index in [-0.39, 0.29) is 23.6 Å². The molecule has 1 aliphatic rings. The van der Waals surface area contributed by atoms with Crippen LogP contribution in [-0.4, -0.2) is 58.7 Å². The first-order chi connectivity index (χ1) is 10.8. The molecule has 1 aliphatic heterocycles. The largest absolute Gasteiger partial charge is 0.495 e. The number of nitrogens with zero attached hydrogens (tertiary/aromatic N) is 1. The zero-order valence-corrected chi connectivity index (χ0v) is 13.8. The molecule has 2 atom stereocenters. The summed E-state index contributed by atoms with van der Waals surface area (Å²) in [6, 6.07) is 2.15. The van der Waals surface area contributed by atoms with Gasteiger partial charge in [-0.1, -0.05) is 0 Å². The minimum atomic E-state index is -4.16. The lowest BCUT2D eigenvalue weighted by Crippen LogP contribution is -2.41. The van der Waals surface area contributed by atoms with Gasteiger partial charge >= 0.3 is 5.97 Å². The lowest BCUT2D eigenvalue weighted by molar-refractivity contribution is -0.144. The van der Waals surface area contributed by atoms with Crippen molar-refractivity contribution in [1.82, 2.24) is 4.31 Å². The van der Waals surface area contributed by atoms with Gasteiger partial charge in [-0.15, -0.1) is 0 Å². The summed E-state index contributed by atoms with van der Waals surface area (Å²) in [6.07, 6.45) is -0.284. The molecule has 0 spiro atoms. The average molecular weight is 347 g/mol. The smallest absolute Gasteiger partial charge is 0.324 e. The second-order valence-corrected chi connectivity index (χ2v) is 6.86. The Kier molecular flexibility index (Phi) is 5.23. The van der Waals surface area contributed by atoms with Gasteiger partial charge < -0.3 is 14.2 Å². The molecule has 0 unspecified atom stereocenters. The van der Waals surface area contributed by atoms with Gasteiger partial charge in [0, 0.05) is 20.1 Å². The maximum atomic E-state index is 13.5. The molecule has 0 saturated carbocycles. The van der Waals surface area contributed by atoms with Crippen molar-refractivity contribution < 1.29 is 31.8 Å². The summed E-state index contributed by atoms with van der Waals surface area (Å²) in [7, 11) is -0.275. The quantitative estimate of drug-likeness (QED) is 0.733. The zero-order valence-electron chi connectivity index (χ0n) is 13.0. The van der Waals surface area contributed by atoms with E-state index in [1.165, 1.54) is 27.4 Å². The molecule has 23 heavy (non-hydrogen) atoms. The summed E-state index contributed by atoms with van der Waals surface area (Å²) in [4.78, 5) is 11.6. The Morgan fingerprint density at radius 1 is 1.30 bits per heavy atom. The highest BCUT2D eigenvalue weighted by molar-refractivity contribution is 7.89. The zero-order chi connectivity index (χ0) is 17.2. The second-order valence-electron chi connectivity index (χ2n) is 5.00. The average Bonchev–Trinajstić information content (AvgIpc) is 2.99. The Balaban J connectivity index is 2.49. The molecule has 0 aromatic heterocycles. The Hall–Kier alpha value is -1.71. The third-order valence-electron chi connectivity index (χ3n) is 3.74. The van der Waals surface area contributed by atoms with Crippen LogP contribution in [0.2, 0.25) is 0 Å². The van der Waals surface area contributed by atoms with Crippen LogP contribution in [-0.2, 0) is 24.3 Å². The fraction of sp³-hybridized carbons (Fsp3) is 0.500. The SMILES string of the molecule is COC(=O)[C@H]1C[C@H](OC)CN1S(=O)(=O)c1cc(F)ccc1OC. The number of carbonyl (C=O) groups is 1. The van der Waals surface area contributed by atoms with E-state index in [2.05, 4.69) is 4.74 Å². The Morgan fingerprint density at radius 3 is 2.57 bits per heavy atom. The van der Waals surface area contributed by atoms with Gasteiger partial charge in [0.05, 0.1) is 20.3 Å². The molecular weight excluding hydrogens is 329 g/mol. The molecule has 0 bridgehead atoms. The molecular formula is C14H18FNO6S. The fourth-order valence-corrected chi connectivity index (χ4v) is 4.32. The van der Waals surface area contributed by atoms with Crippen molar-refractivity contribution >= 4 is 16.0 Å². The van der Waals surface area contributed by atoms with Crippen molar-refractivity contribution in [3.63, 3.8) is 0 Å².